The van der Waals surface area contributed by atoms with Crippen molar-refractivity contribution in [1.82, 2.24) is 4.98 Å². The van der Waals surface area contributed by atoms with Crippen molar-refractivity contribution in [2.24, 2.45) is 5.73 Å². The number of aryl methyl sites for hydroxylation is 1. The molecule has 130 valence electrons. The fourth-order valence-corrected chi connectivity index (χ4v) is 4.20. The van der Waals surface area contributed by atoms with Crippen molar-refractivity contribution < 1.29 is 13.2 Å². The SMILES string of the molecule is CS(=O)(=O)c1ccc(C(=O)Nc2nc3c(s2)C[C@@H](N)CC3)cc1.Cl. The smallest absolute Gasteiger partial charge is 0.257 e. The number of fused-ring (bicyclic) bond motifs is 1. The van der Waals surface area contributed by atoms with Crippen LogP contribution in [0.3, 0.4) is 0 Å². The molecule has 0 spiro atoms. The monoisotopic (exact) mass is 387 g/mol. The zero-order chi connectivity index (χ0) is 16.6. The first kappa shape index (κ1) is 18.9. The van der Waals surface area contributed by atoms with Crippen molar-refractivity contribution in [2.75, 3.05) is 11.6 Å². The number of nitrogens with one attached hydrogen (secondary N) is 1. The second-order valence-corrected chi connectivity index (χ2v) is 8.74. The van der Waals surface area contributed by atoms with Gasteiger partial charge >= 0.3 is 0 Å². The molecule has 0 radical (unpaired) electrons. The molecule has 3 N–H and O–H groups in total. The molecule has 1 heterocycles. The summed E-state index contributed by atoms with van der Waals surface area (Å²) in [5.74, 6) is -0.305. The van der Waals surface area contributed by atoms with Gasteiger partial charge in [-0.25, -0.2) is 13.4 Å². The van der Waals surface area contributed by atoms with Gasteiger partial charge in [0, 0.05) is 22.7 Å². The molecule has 1 aromatic carbocycles. The fraction of sp³-hybridized carbons (Fsp3) is 0.333. The lowest BCUT2D eigenvalue weighted by Crippen LogP contribution is -2.27. The lowest BCUT2D eigenvalue weighted by Gasteiger charge is -2.15. The first-order chi connectivity index (χ1) is 10.8. The Hall–Kier alpha value is -1.48. The molecule has 0 aliphatic heterocycles. The molecule has 2 aromatic rings. The standard InChI is InChI=1S/C15H17N3O3S2.ClH/c1-23(20,21)11-5-2-9(3-6-11)14(19)18-15-17-12-7-4-10(16)8-13(12)22-15;/h2-3,5-6,10H,4,7-8,16H2,1H3,(H,17,18,19);1H/t10-;/m0./s1. The van der Waals surface area contributed by atoms with Crippen molar-refractivity contribution in [1.29, 1.82) is 0 Å². The maximum atomic E-state index is 12.2. The van der Waals surface area contributed by atoms with Gasteiger partial charge in [-0.05, 0) is 43.5 Å². The highest BCUT2D eigenvalue weighted by molar-refractivity contribution is 7.90. The van der Waals surface area contributed by atoms with Gasteiger partial charge < -0.3 is 5.73 Å². The number of amides is 1. The average molecular weight is 388 g/mol. The molecular formula is C15H18ClN3O3S2. The molecule has 3 rings (SSSR count). The molecule has 24 heavy (non-hydrogen) atoms. The highest BCUT2D eigenvalue weighted by Crippen LogP contribution is 2.29. The Morgan fingerprint density at radius 3 is 2.62 bits per heavy atom. The predicted octanol–water partition coefficient (Wildman–Crippen LogP) is 2.04. The summed E-state index contributed by atoms with van der Waals surface area (Å²) in [5, 5.41) is 3.32. The molecule has 9 heteroatoms. The van der Waals surface area contributed by atoms with Crippen molar-refractivity contribution in [2.45, 2.75) is 30.2 Å². The van der Waals surface area contributed by atoms with Crippen LogP contribution in [-0.4, -0.2) is 31.6 Å². The molecule has 0 unspecified atom stereocenters. The molecule has 1 amide bonds. The summed E-state index contributed by atoms with van der Waals surface area (Å²) in [6.07, 6.45) is 3.68. The zero-order valence-corrected chi connectivity index (χ0v) is 15.4. The maximum absolute atomic E-state index is 12.2. The van der Waals surface area contributed by atoms with E-state index in [0.717, 1.165) is 36.1 Å². The predicted molar refractivity (Wildman–Crippen MR) is 96.9 cm³/mol. The molecule has 0 saturated heterocycles. The Bertz CT molecular complexity index is 847. The minimum absolute atomic E-state index is 0. The van der Waals surface area contributed by atoms with E-state index in [-0.39, 0.29) is 29.3 Å². The Morgan fingerprint density at radius 1 is 1.33 bits per heavy atom. The number of rotatable bonds is 3. The summed E-state index contributed by atoms with van der Waals surface area (Å²) >= 11 is 1.45. The van der Waals surface area contributed by atoms with Gasteiger partial charge in [0.05, 0.1) is 10.6 Å². The van der Waals surface area contributed by atoms with E-state index in [1.807, 2.05) is 0 Å². The van der Waals surface area contributed by atoms with Crippen LogP contribution in [0.5, 0.6) is 0 Å². The second-order valence-electron chi connectivity index (χ2n) is 5.64. The highest BCUT2D eigenvalue weighted by Gasteiger charge is 2.21. The minimum Gasteiger partial charge on any atom is -0.327 e. The quantitative estimate of drug-likeness (QED) is 0.838. The molecular weight excluding hydrogens is 370 g/mol. The van der Waals surface area contributed by atoms with Crippen LogP contribution in [0.2, 0.25) is 0 Å². The first-order valence-corrected chi connectivity index (χ1v) is 9.89. The van der Waals surface area contributed by atoms with E-state index in [0.29, 0.717) is 10.7 Å². The molecule has 1 aliphatic carbocycles. The van der Waals surface area contributed by atoms with Crippen LogP contribution in [0, 0.1) is 0 Å². The number of anilines is 1. The number of sulfone groups is 1. The van der Waals surface area contributed by atoms with Crippen LogP contribution in [-0.2, 0) is 22.7 Å². The van der Waals surface area contributed by atoms with Crippen molar-refractivity contribution >= 4 is 44.6 Å². The van der Waals surface area contributed by atoms with Crippen LogP contribution in [0.25, 0.3) is 0 Å². The topological polar surface area (TPSA) is 102 Å². The molecule has 0 saturated carbocycles. The number of nitrogens with two attached hydrogens (primary N) is 1. The molecule has 1 aliphatic rings. The van der Waals surface area contributed by atoms with E-state index in [2.05, 4.69) is 10.3 Å². The number of benzene rings is 1. The number of hydrogen-bond donors (Lipinski definition) is 2. The maximum Gasteiger partial charge on any atom is 0.257 e. The number of thiazole rings is 1. The Balaban J connectivity index is 0.00000208. The summed E-state index contributed by atoms with van der Waals surface area (Å²) in [7, 11) is -3.27. The van der Waals surface area contributed by atoms with Crippen molar-refractivity contribution in [3.63, 3.8) is 0 Å². The third kappa shape index (κ3) is 4.13. The van der Waals surface area contributed by atoms with E-state index in [4.69, 9.17) is 5.73 Å². The molecule has 1 atom stereocenters. The fourth-order valence-electron chi connectivity index (χ4n) is 2.48. The van der Waals surface area contributed by atoms with E-state index in [1.165, 1.54) is 35.6 Å². The summed E-state index contributed by atoms with van der Waals surface area (Å²) in [5.41, 5.74) is 7.35. The van der Waals surface area contributed by atoms with E-state index >= 15 is 0 Å². The lowest BCUT2D eigenvalue weighted by molar-refractivity contribution is 0.102. The summed E-state index contributed by atoms with van der Waals surface area (Å²) in [6.45, 7) is 0. The zero-order valence-electron chi connectivity index (χ0n) is 13.0. The third-order valence-electron chi connectivity index (χ3n) is 3.74. The normalized spacial score (nSPS) is 16.8. The van der Waals surface area contributed by atoms with Gasteiger partial charge in [-0.1, -0.05) is 0 Å². The lowest BCUT2D eigenvalue weighted by atomic mass is 9.99. The Kier molecular flexibility index (Phi) is 5.64. The second kappa shape index (κ2) is 7.18. The van der Waals surface area contributed by atoms with Gasteiger partial charge in [-0.3, -0.25) is 10.1 Å². The van der Waals surface area contributed by atoms with Gasteiger partial charge in [-0.15, -0.1) is 23.7 Å². The number of carbonyl (C=O) groups is 1. The van der Waals surface area contributed by atoms with Crippen LogP contribution in [0.1, 0.15) is 27.3 Å². The summed E-state index contributed by atoms with van der Waals surface area (Å²) in [4.78, 5) is 18.0. The minimum atomic E-state index is -3.27. The molecule has 0 fully saturated rings. The van der Waals surface area contributed by atoms with Gasteiger partial charge in [0.25, 0.3) is 5.91 Å². The number of carbonyl (C=O) groups excluding carboxylic acids is 1. The van der Waals surface area contributed by atoms with E-state index in [9.17, 15) is 13.2 Å². The largest absolute Gasteiger partial charge is 0.327 e. The summed E-state index contributed by atoms with van der Waals surface area (Å²) < 4.78 is 22.8. The number of halogens is 1. The van der Waals surface area contributed by atoms with Gasteiger partial charge in [0.2, 0.25) is 0 Å². The van der Waals surface area contributed by atoms with E-state index < -0.39 is 9.84 Å². The van der Waals surface area contributed by atoms with Crippen LogP contribution >= 0.6 is 23.7 Å². The third-order valence-corrected chi connectivity index (χ3v) is 5.91. The van der Waals surface area contributed by atoms with Crippen LogP contribution < -0.4 is 11.1 Å². The number of hydrogen-bond acceptors (Lipinski definition) is 6. The number of aromatic nitrogens is 1. The van der Waals surface area contributed by atoms with Crippen LogP contribution in [0.4, 0.5) is 5.13 Å². The summed E-state index contributed by atoms with van der Waals surface area (Å²) in [6, 6.07) is 6.01. The van der Waals surface area contributed by atoms with Crippen LogP contribution in [0.15, 0.2) is 29.2 Å². The molecule has 6 nitrogen and oxygen atoms in total. The van der Waals surface area contributed by atoms with Gasteiger partial charge in [0.15, 0.2) is 15.0 Å². The number of nitrogens with zero attached hydrogens (tertiary/aromatic N) is 1. The Morgan fingerprint density at radius 2 is 2.00 bits per heavy atom. The molecule has 1 aromatic heterocycles. The average Bonchev–Trinajstić information content (AvgIpc) is 2.87. The van der Waals surface area contributed by atoms with Gasteiger partial charge in [0.1, 0.15) is 0 Å². The Labute approximate surface area is 150 Å². The van der Waals surface area contributed by atoms with Gasteiger partial charge in [-0.2, -0.15) is 0 Å². The van der Waals surface area contributed by atoms with E-state index in [1.54, 1.807) is 0 Å². The highest BCUT2D eigenvalue weighted by atomic mass is 35.5. The first-order valence-electron chi connectivity index (χ1n) is 7.18. The van der Waals surface area contributed by atoms with Crippen molar-refractivity contribution in [3.8, 4) is 0 Å². The molecule has 0 bridgehead atoms. The van der Waals surface area contributed by atoms with Crippen molar-refractivity contribution in [3.05, 3.63) is 40.4 Å².